The van der Waals surface area contributed by atoms with Crippen LogP contribution in [0.3, 0.4) is 0 Å². The smallest absolute Gasteiger partial charge is 0.272 e. The van der Waals surface area contributed by atoms with Crippen molar-refractivity contribution >= 4 is 5.91 Å². The van der Waals surface area contributed by atoms with Crippen LogP contribution in [0.5, 0.6) is 0 Å². The first-order valence-corrected chi connectivity index (χ1v) is 7.57. The summed E-state index contributed by atoms with van der Waals surface area (Å²) < 4.78 is 6.09. The molecule has 3 rings (SSSR count). The minimum Gasteiger partial charge on any atom is -0.373 e. The average Bonchev–Trinajstić information content (AvgIpc) is 2.90. The van der Waals surface area contributed by atoms with Crippen molar-refractivity contribution in [2.75, 3.05) is 19.7 Å². The van der Waals surface area contributed by atoms with E-state index in [1.54, 1.807) is 12.3 Å². The molecule has 0 saturated carbocycles. The molecule has 1 amide bonds. The van der Waals surface area contributed by atoms with Gasteiger partial charge in [0.15, 0.2) is 0 Å². The quantitative estimate of drug-likeness (QED) is 0.832. The number of likely N-dealkylation sites (tertiary alicyclic amines) is 1. The lowest BCUT2D eigenvalue weighted by atomic mass is 9.86. The van der Waals surface area contributed by atoms with Crippen LogP contribution in [-0.4, -0.2) is 41.1 Å². The molecule has 0 radical (unpaired) electrons. The first kappa shape index (κ1) is 13.6. The normalized spacial score (nSPS) is 29.9. The van der Waals surface area contributed by atoms with E-state index in [1.807, 2.05) is 17.0 Å². The van der Waals surface area contributed by atoms with Crippen LogP contribution >= 0.6 is 0 Å². The molecule has 108 valence electrons. The maximum absolute atomic E-state index is 12.5. The summed E-state index contributed by atoms with van der Waals surface area (Å²) in [4.78, 5) is 18.6. The Hall–Kier alpha value is -1.42. The van der Waals surface area contributed by atoms with E-state index in [0.29, 0.717) is 11.6 Å². The molecule has 3 heterocycles. The molecule has 0 N–H and O–H groups in total. The third kappa shape index (κ3) is 2.57. The van der Waals surface area contributed by atoms with Crippen molar-refractivity contribution in [1.29, 1.82) is 0 Å². The van der Waals surface area contributed by atoms with E-state index in [9.17, 15) is 4.79 Å². The lowest BCUT2D eigenvalue weighted by molar-refractivity contribution is -0.0450. The van der Waals surface area contributed by atoms with Gasteiger partial charge < -0.3 is 9.64 Å². The number of aromatic nitrogens is 1. The summed E-state index contributed by atoms with van der Waals surface area (Å²) >= 11 is 0. The molecule has 0 bridgehead atoms. The Morgan fingerprint density at radius 3 is 3.15 bits per heavy atom. The van der Waals surface area contributed by atoms with Gasteiger partial charge in [0.05, 0.1) is 18.8 Å². The highest BCUT2D eigenvalue weighted by Crippen LogP contribution is 2.38. The molecule has 2 fully saturated rings. The zero-order valence-electron chi connectivity index (χ0n) is 12.0. The summed E-state index contributed by atoms with van der Waals surface area (Å²) in [6.07, 6.45) is 6.03. The van der Waals surface area contributed by atoms with Crippen molar-refractivity contribution in [2.24, 2.45) is 5.92 Å². The van der Waals surface area contributed by atoms with Gasteiger partial charge in [0.2, 0.25) is 0 Å². The zero-order chi connectivity index (χ0) is 14.0. The highest BCUT2D eigenvalue weighted by molar-refractivity contribution is 5.92. The monoisotopic (exact) mass is 274 g/mol. The molecule has 0 aromatic carbocycles. The second kappa shape index (κ2) is 5.52. The van der Waals surface area contributed by atoms with E-state index < -0.39 is 0 Å². The van der Waals surface area contributed by atoms with Crippen molar-refractivity contribution in [2.45, 2.75) is 38.2 Å². The second-order valence-electron chi connectivity index (χ2n) is 6.02. The summed E-state index contributed by atoms with van der Waals surface area (Å²) in [5.41, 5.74) is 0.443. The Bertz CT molecular complexity index is 477. The van der Waals surface area contributed by atoms with Crippen LogP contribution in [-0.2, 0) is 4.74 Å². The molecule has 4 nitrogen and oxygen atoms in total. The van der Waals surface area contributed by atoms with Gasteiger partial charge in [-0.2, -0.15) is 0 Å². The van der Waals surface area contributed by atoms with Crippen LogP contribution < -0.4 is 0 Å². The van der Waals surface area contributed by atoms with E-state index in [4.69, 9.17) is 4.74 Å². The minimum atomic E-state index is -0.0939. The molecule has 1 aromatic heterocycles. The van der Waals surface area contributed by atoms with E-state index in [-0.39, 0.29) is 11.5 Å². The molecular formula is C16H22N2O2. The van der Waals surface area contributed by atoms with Gasteiger partial charge in [-0.1, -0.05) is 19.4 Å². The second-order valence-corrected chi connectivity index (χ2v) is 6.02. The fourth-order valence-electron chi connectivity index (χ4n) is 3.41. The van der Waals surface area contributed by atoms with Gasteiger partial charge in [0.25, 0.3) is 5.91 Å². The Labute approximate surface area is 120 Å². The largest absolute Gasteiger partial charge is 0.373 e. The van der Waals surface area contributed by atoms with Crippen molar-refractivity contribution in [1.82, 2.24) is 9.88 Å². The highest BCUT2D eigenvalue weighted by atomic mass is 16.5. The Morgan fingerprint density at radius 1 is 1.55 bits per heavy atom. The fraction of sp³-hybridized carbons (Fsp3) is 0.625. The van der Waals surface area contributed by atoms with Gasteiger partial charge in [-0.3, -0.25) is 9.78 Å². The van der Waals surface area contributed by atoms with Crippen molar-refractivity contribution in [3.8, 4) is 0 Å². The van der Waals surface area contributed by atoms with Gasteiger partial charge in [-0.25, -0.2) is 0 Å². The molecule has 20 heavy (non-hydrogen) atoms. The van der Waals surface area contributed by atoms with E-state index in [0.717, 1.165) is 45.4 Å². The maximum atomic E-state index is 12.5. The number of ether oxygens (including phenoxy) is 1. The number of nitrogens with zero attached hydrogens (tertiary/aromatic N) is 2. The van der Waals surface area contributed by atoms with Crippen LogP contribution in [0.4, 0.5) is 0 Å². The Morgan fingerprint density at radius 2 is 2.45 bits per heavy atom. The van der Waals surface area contributed by atoms with Gasteiger partial charge >= 0.3 is 0 Å². The van der Waals surface area contributed by atoms with Gasteiger partial charge in [-0.05, 0) is 37.3 Å². The number of rotatable bonds is 2. The molecule has 4 heteroatoms. The van der Waals surface area contributed by atoms with Crippen LogP contribution in [0.1, 0.15) is 43.1 Å². The first-order valence-electron chi connectivity index (χ1n) is 7.57. The average molecular weight is 274 g/mol. The summed E-state index contributed by atoms with van der Waals surface area (Å²) in [7, 11) is 0. The van der Waals surface area contributed by atoms with E-state index in [1.165, 1.54) is 0 Å². The summed E-state index contributed by atoms with van der Waals surface area (Å²) in [5, 5.41) is 0. The van der Waals surface area contributed by atoms with E-state index >= 15 is 0 Å². The molecule has 2 aliphatic rings. The SMILES string of the molecule is CC[C@H]1CO[C@]2(CCCN(C(=O)c3ccccn3)C2)C1. The third-order valence-electron chi connectivity index (χ3n) is 4.57. The molecule has 0 aliphatic carbocycles. The topological polar surface area (TPSA) is 42.4 Å². The molecule has 0 unspecified atom stereocenters. The molecular weight excluding hydrogens is 252 g/mol. The lowest BCUT2D eigenvalue weighted by Gasteiger charge is -2.39. The number of carbonyl (C=O) groups is 1. The number of pyridine rings is 1. The van der Waals surface area contributed by atoms with Crippen LogP contribution in [0, 0.1) is 5.92 Å². The summed E-state index contributed by atoms with van der Waals surface area (Å²) in [5.74, 6) is 0.688. The Balaban J connectivity index is 1.71. The maximum Gasteiger partial charge on any atom is 0.272 e. The third-order valence-corrected chi connectivity index (χ3v) is 4.57. The zero-order valence-corrected chi connectivity index (χ0v) is 12.0. The standard InChI is InChI=1S/C16H22N2O2/c1-2-13-10-16(20-11-13)7-5-9-18(12-16)15(19)14-6-3-4-8-17-14/h3-4,6,8,13H,2,5,7,9-12H2,1H3/t13-,16-/m1/s1. The summed E-state index contributed by atoms with van der Waals surface area (Å²) in [6, 6.07) is 5.48. The van der Waals surface area contributed by atoms with Crippen molar-refractivity contribution < 1.29 is 9.53 Å². The number of hydrogen-bond acceptors (Lipinski definition) is 3. The minimum absolute atomic E-state index is 0.0354. The fourth-order valence-corrected chi connectivity index (χ4v) is 3.41. The van der Waals surface area contributed by atoms with Crippen LogP contribution in [0.25, 0.3) is 0 Å². The molecule has 2 atom stereocenters. The number of piperidine rings is 1. The van der Waals surface area contributed by atoms with Gasteiger partial charge in [-0.15, -0.1) is 0 Å². The predicted molar refractivity (Wildman–Crippen MR) is 76.5 cm³/mol. The predicted octanol–water partition coefficient (Wildman–Crippen LogP) is 2.50. The molecule has 2 saturated heterocycles. The first-order chi connectivity index (χ1) is 9.72. The number of amides is 1. The van der Waals surface area contributed by atoms with Gasteiger partial charge in [0.1, 0.15) is 5.69 Å². The highest BCUT2D eigenvalue weighted by Gasteiger charge is 2.44. The summed E-state index contributed by atoms with van der Waals surface area (Å²) in [6.45, 7) is 4.60. The number of carbonyl (C=O) groups excluding carboxylic acids is 1. The molecule has 1 spiro atoms. The van der Waals surface area contributed by atoms with Gasteiger partial charge in [0, 0.05) is 12.7 Å². The molecule has 1 aromatic rings. The number of hydrogen-bond donors (Lipinski definition) is 0. The Kier molecular flexibility index (Phi) is 3.74. The van der Waals surface area contributed by atoms with Crippen molar-refractivity contribution in [3.05, 3.63) is 30.1 Å². The lowest BCUT2D eigenvalue weighted by Crippen LogP contribution is -2.50. The van der Waals surface area contributed by atoms with Crippen LogP contribution in [0.15, 0.2) is 24.4 Å². The van der Waals surface area contributed by atoms with E-state index in [2.05, 4.69) is 11.9 Å². The van der Waals surface area contributed by atoms with Crippen molar-refractivity contribution in [3.63, 3.8) is 0 Å². The van der Waals surface area contributed by atoms with Crippen LogP contribution in [0.2, 0.25) is 0 Å². The molecule has 2 aliphatic heterocycles.